The van der Waals surface area contributed by atoms with Crippen molar-refractivity contribution in [3.8, 4) is 0 Å². The minimum atomic E-state index is -0.0271. The van der Waals surface area contributed by atoms with Crippen LogP contribution >= 0.6 is 0 Å². The van der Waals surface area contributed by atoms with Crippen LogP contribution in [0.25, 0.3) is 0 Å². The lowest BCUT2D eigenvalue weighted by atomic mass is 9.95. The maximum Gasteiger partial charge on any atom is 0.322 e. The van der Waals surface area contributed by atoms with E-state index in [0.717, 1.165) is 24.2 Å². The van der Waals surface area contributed by atoms with Crippen molar-refractivity contribution < 1.29 is 4.79 Å². The SMILES string of the molecule is CC1CCC(C)N(C(=O)Nc2cccc(C(C)N)c2)C1. The van der Waals surface area contributed by atoms with E-state index in [1.54, 1.807) is 0 Å². The van der Waals surface area contributed by atoms with Crippen molar-refractivity contribution in [1.82, 2.24) is 4.90 Å². The van der Waals surface area contributed by atoms with Crippen molar-refractivity contribution in [3.05, 3.63) is 29.8 Å². The number of benzene rings is 1. The molecule has 3 N–H and O–H groups in total. The largest absolute Gasteiger partial charge is 0.324 e. The van der Waals surface area contributed by atoms with E-state index in [-0.39, 0.29) is 12.1 Å². The number of nitrogens with one attached hydrogen (secondary N) is 1. The number of nitrogens with zero attached hydrogens (tertiary/aromatic N) is 1. The Morgan fingerprint density at radius 3 is 2.85 bits per heavy atom. The van der Waals surface area contributed by atoms with Gasteiger partial charge in [-0.3, -0.25) is 0 Å². The van der Waals surface area contributed by atoms with Gasteiger partial charge in [0.05, 0.1) is 0 Å². The Morgan fingerprint density at radius 1 is 1.40 bits per heavy atom. The zero-order valence-electron chi connectivity index (χ0n) is 12.6. The lowest BCUT2D eigenvalue weighted by Gasteiger charge is -2.36. The number of urea groups is 1. The number of nitrogens with two attached hydrogens (primary N) is 1. The van der Waals surface area contributed by atoms with E-state index in [1.807, 2.05) is 36.1 Å². The Labute approximate surface area is 121 Å². The first-order valence-electron chi connectivity index (χ1n) is 7.40. The monoisotopic (exact) mass is 275 g/mol. The summed E-state index contributed by atoms with van der Waals surface area (Å²) in [6.45, 7) is 7.09. The van der Waals surface area contributed by atoms with E-state index in [2.05, 4.69) is 19.2 Å². The maximum atomic E-state index is 12.4. The molecule has 4 nitrogen and oxygen atoms in total. The molecule has 0 aromatic heterocycles. The Hall–Kier alpha value is -1.55. The number of likely N-dealkylation sites (tertiary alicyclic amines) is 1. The molecule has 1 aromatic carbocycles. The molecule has 1 aliphatic heterocycles. The van der Waals surface area contributed by atoms with E-state index in [0.29, 0.717) is 12.0 Å². The molecule has 1 aromatic rings. The fraction of sp³-hybridized carbons (Fsp3) is 0.562. The molecule has 2 amide bonds. The first-order chi connectivity index (χ1) is 9.47. The van der Waals surface area contributed by atoms with Crippen LogP contribution in [-0.2, 0) is 0 Å². The number of rotatable bonds is 2. The van der Waals surface area contributed by atoms with E-state index in [1.165, 1.54) is 6.42 Å². The maximum absolute atomic E-state index is 12.4. The zero-order valence-corrected chi connectivity index (χ0v) is 12.6. The average molecular weight is 275 g/mol. The van der Waals surface area contributed by atoms with Crippen LogP contribution in [0.4, 0.5) is 10.5 Å². The number of hydrogen-bond donors (Lipinski definition) is 2. The highest BCUT2D eigenvalue weighted by Crippen LogP contribution is 2.23. The van der Waals surface area contributed by atoms with Gasteiger partial charge in [-0.05, 0) is 50.3 Å². The predicted molar refractivity (Wildman–Crippen MR) is 82.6 cm³/mol. The molecule has 4 heteroatoms. The van der Waals surface area contributed by atoms with Crippen LogP contribution in [0.1, 0.15) is 45.2 Å². The molecule has 0 spiro atoms. The van der Waals surface area contributed by atoms with Gasteiger partial charge in [0.25, 0.3) is 0 Å². The van der Waals surface area contributed by atoms with E-state index < -0.39 is 0 Å². The Balaban J connectivity index is 2.05. The highest BCUT2D eigenvalue weighted by molar-refractivity contribution is 5.89. The van der Waals surface area contributed by atoms with E-state index >= 15 is 0 Å². The van der Waals surface area contributed by atoms with Gasteiger partial charge in [-0.25, -0.2) is 4.79 Å². The van der Waals surface area contributed by atoms with Crippen LogP contribution < -0.4 is 11.1 Å². The molecule has 0 bridgehead atoms. The molecule has 1 saturated heterocycles. The summed E-state index contributed by atoms with van der Waals surface area (Å²) in [6.07, 6.45) is 2.28. The molecule has 2 rings (SSSR count). The third-order valence-electron chi connectivity index (χ3n) is 4.04. The topological polar surface area (TPSA) is 58.4 Å². The summed E-state index contributed by atoms with van der Waals surface area (Å²) < 4.78 is 0. The van der Waals surface area contributed by atoms with Crippen LogP contribution in [0, 0.1) is 5.92 Å². The van der Waals surface area contributed by atoms with Crippen molar-refractivity contribution >= 4 is 11.7 Å². The van der Waals surface area contributed by atoms with Crippen molar-refractivity contribution in [2.75, 3.05) is 11.9 Å². The van der Waals surface area contributed by atoms with Crippen LogP contribution in [-0.4, -0.2) is 23.5 Å². The van der Waals surface area contributed by atoms with Gasteiger partial charge in [0, 0.05) is 24.3 Å². The molecule has 0 radical (unpaired) electrons. The second-order valence-corrected chi connectivity index (χ2v) is 6.03. The number of carbonyl (C=O) groups is 1. The highest BCUT2D eigenvalue weighted by Gasteiger charge is 2.26. The third kappa shape index (κ3) is 3.51. The first-order valence-corrected chi connectivity index (χ1v) is 7.40. The van der Waals surface area contributed by atoms with Crippen molar-refractivity contribution in [3.63, 3.8) is 0 Å². The number of carbonyl (C=O) groups excluding carboxylic acids is 1. The van der Waals surface area contributed by atoms with Gasteiger partial charge in [0.1, 0.15) is 0 Å². The molecule has 3 atom stereocenters. The standard InChI is InChI=1S/C16H25N3O/c1-11-7-8-12(2)19(10-11)16(20)18-15-6-4-5-14(9-15)13(3)17/h4-6,9,11-13H,7-8,10,17H2,1-3H3,(H,18,20). The fourth-order valence-corrected chi connectivity index (χ4v) is 2.67. The second-order valence-electron chi connectivity index (χ2n) is 6.03. The van der Waals surface area contributed by atoms with Gasteiger partial charge >= 0.3 is 6.03 Å². The zero-order chi connectivity index (χ0) is 14.7. The smallest absolute Gasteiger partial charge is 0.322 e. The lowest BCUT2D eigenvalue weighted by molar-refractivity contribution is 0.147. The van der Waals surface area contributed by atoms with Gasteiger partial charge in [-0.2, -0.15) is 0 Å². The molecule has 1 aliphatic rings. The third-order valence-corrected chi connectivity index (χ3v) is 4.04. The highest BCUT2D eigenvalue weighted by atomic mass is 16.2. The van der Waals surface area contributed by atoms with Crippen LogP contribution in [0.5, 0.6) is 0 Å². The molecular formula is C16H25N3O. The van der Waals surface area contributed by atoms with Crippen LogP contribution in [0.15, 0.2) is 24.3 Å². The summed E-state index contributed by atoms with van der Waals surface area (Å²) in [4.78, 5) is 14.3. The normalized spacial score (nSPS) is 24.3. The van der Waals surface area contributed by atoms with E-state index in [4.69, 9.17) is 5.73 Å². The van der Waals surface area contributed by atoms with Crippen LogP contribution in [0.3, 0.4) is 0 Å². The molecular weight excluding hydrogens is 250 g/mol. The number of anilines is 1. The first kappa shape index (κ1) is 14.9. The number of amides is 2. The molecule has 0 saturated carbocycles. The minimum absolute atomic E-state index is 0.00845. The van der Waals surface area contributed by atoms with Crippen molar-refractivity contribution in [2.45, 2.75) is 45.7 Å². The van der Waals surface area contributed by atoms with Crippen LogP contribution in [0.2, 0.25) is 0 Å². The van der Waals surface area contributed by atoms with Gasteiger partial charge in [-0.1, -0.05) is 19.1 Å². The summed E-state index contributed by atoms with van der Waals surface area (Å²) in [5.74, 6) is 0.576. The van der Waals surface area contributed by atoms with E-state index in [9.17, 15) is 4.79 Å². The summed E-state index contributed by atoms with van der Waals surface area (Å²) in [5, 5.41) is 2.99. The Morgan fingerprint density at radius 2 is 2.15 bits per heavy atom. The molecule has 20 heavy (non-hydrogen) atoms. The molecule has 1 fully saturated rings. The fourth-order valence-electron chi connectivity index (χ4n) is 2.67. The average Bonchev–Trinajstić information content (AvgIpc) is 2.41. The summed E-state index contributed by atoms with van der Waals surface area (Å²) >= 11 is 0. The molecule has 110 valence electrons. The Bertz CT molecular complexity index is 473. The summed E-state index contributed by atoms with van der Waals surface area (Å²) in [7, 11) is 0. The van der Waals surface area contributed by atoms with Crippen molar-refractivity contribution in [2.24, 2.45) is 11.7 Å². The second kappa shape index (κ2) is 6.27. The summed E-state index contributed by atoms with van der Waals surface area (Å²) in [5.41, 5.74) is 7.72. The molecule has 1 heterocycles. The minimum Gasteiger partial charge on any atom is -0.324 e. The lowest BCUT2D eigenvalue weighted by Crippen LogP contribution is -2.46. The van der Waals surface area contributed by atoms with Gasteiger partial charge in [-0.15, -0.1) is 0 Å². The quantitative estimate of drug-likeness (QED) is 0.869. The Kier molecular flexibility index (Phi) is 4.65. The molecule has 0 aliphatic carbocycles. The van der Waals surface area contributed by atoms with Gasteiger partial charge in [0.15, 0.2) is 0 Å². The summed E-state index contributed by atoms with van der Waals surface area (Å²) in [6, 6.07) is 8.03. The molecule has 3 unspecified atom stereocenters. The van der Waals surface area contributed by atoms with Crippen molar-refractivity contribution in [1.29, 1.82) is 0 Å². The number of hydrogen-bond acceptors (Lipinski definition) is 2. The van der Waals surface area contributed by atoms with Gasteiger partial charge < -0.3 is 16.0 Å². The number of piperidine rings is 1. The predicted octanol–water partition coefficient (Wildman–Crippen LogP) is 3.36. The van der Waals surface area contributed by atoms with Gasteiger partial charge in [0.2, 0.25) is 0 Å².